The van der Waals surface area contributed by atoms with Crippen LogP contribution in [0.2, 0.25) is 19.6 Å². The average molecular weight is 1010 g/mol. The Bertz CT molecular complexity index is 3250. The second-order valence-electron chi connectivity index (χ2n) is 18.0. The number of fused-ring (bicyclic) bond motifs is 7. The second kappa shape index (κ2) is 17.2. The van der Waals surface area contributed by atoms with Crippen molar-refractivity contribution >= 4 is 67.8 Å². The van der Waals surface area contributed by atoms with Gasteiger partial charge in [0.2, 0.25) is 0 Å². The summed E-state index contributed by atoms with van der Waals surface area (Å²) in [5.41, 5.74) is 11.4. The van der Waals surface area contributed by atoms with Gasteiger partial charge in [0.25, 0.3) is 0 Å². The summed E-state index contributed by atoms with van der Waals surface area (Å²) in [7, 11) is -1.50. The van der Waals surface area contributed by atoms with E-state index in [1.54, 1.807) is 0 Å². The number of furan rings is 1. The fourth-order valence-electron chi connectivity index (χ4n) is 8.76. The molecule has 7 aromatic carbocycles. The molecule has 0 aliphatic carbocycles. The van der Waals surface area contributed by atoms with Crippen molar-refractivity contribution in [3.63, 3.8) is 0 Å². The average Bonchev–Trinajstić information content (AvgIpc) is 3.83. The van der Waals surface area contributed by atoms with Gasteiger partial charge in [0.15, 0.2) is 0 Å². The fraction of sp³-hybridized carbons (Fsp3) is 0.214. The van der Waals surface area contributed by atoms with Gasteiger partial charge < -0.3 is 14.0 Å². The van der Waals surface area contributed by atoms with E-state index < -0.39 is 14.0 Å². The van der Waals surface area contributed by atoms with E-state index in [9.17, 15) is 0 Å². The van der Waals surface area contributed by atoms with Gasteiger partial charge in [-0.3, -0.25) is 4.98 Å². The van der Waals surface area contributed by atoms with E-state index in [0.29, 0.717) is 11.8 Å². The van der Waals surface area contributed by atoms with Crippen molar-refractivity contribution in [1.29, 1.82) is 0 Å². The van der Waals surface area contributed by atoms with Crippen LogP contribution >= 0.6 is 0 Å². The monoisotopic (exact) mass is 1010 g/mol. The standard InChI is InChI=1S/C39H31N2O.C17H22NSi.Ir/c1-23(2)27-13-9-14-28(24(3)4)37(27)41-35-18-8-7-17-34(35)40-39(41)31-16-10-15-30-33-21-26-20-19-25-11-5-6-12-29(25)32(26)22-36(33)42-38(30)31;1-13(2)15-11-16(14-9-7-6-8-10-14)18-12-17(15)19(3,4)5;/h5-15,17-24H,1-4H3;6-9,11-13H,1-5H3;/q2*-1;/i;13D;. The van der Waals surface area contributed by atoms with Crippen LogP contribution in [0.3, 0.4) is 0 Å². The first-order chi connectivity index (χ1) is 29.7. The van der Waals surface area contributed by atoms with Crippen molar-refractivity contribution in [2.75, 3.05) is 0 Å². The third-order valence-corrected chi connectivity index (χ3v) is 13.9. The SMILES string of the molecule is CC(C)c1cccc(C(C)C)c1-n1c(-c2[c-]ccc3c2oc2cc4c(ccc5ccccc54)cc23)nc2ccccc21.[2H]C(C)(C)c1cc(-c2[c-]cccc2)ncc1[Si](C)(C)C.[Ir]. The molecule has 3 heterocycles. The molecule has 10 rings (SSSR count). The van der Waals surface area contributed by atoms with Crippen LogP contribution < -0.4 is 5.19 Å². The van der Waals surface area contributed by atoms with Gasteiger partial charge in [0.05, 0.1) is 30.5 Å². The van der Waals surface area contributed by atoms with Crippen LogP contribution in [0.5, 0.6) is 0 Å². The van der Waals surface area contributed by atoms with Crippen LogP contribution in [0, 0.1) is 12.1 Å². The molecule has 0 saturated carbocycles. The molecule has 0 amide bonds. The molecular formula is C56H53IrN3OSi-2. The third kappa shape index (κ3) is 7.85. The maximum absolute atomic E-state index is 8.44. The van der Waals surface area contributed by atoms with E-state index in [1.165, 1.54) is 43.5 Å². The van der Waals surface area contributed by atoms with Crippen molar-refractivity contribution in [2.45, 2.75) is 78.9 Å². The zero-order valence-electron chi connectivity index (χ0n) is 38.0. The molecule has 0 unspecified atom stereocenters. The Hall–Kier alpha value is -5.65. The minimum absolute atomic E-state index is 0. The minimum atomic E-state index is -1.50. The van der Waals surface area contributed by atoms with E-state index in [4.69, 9.17) is 10.8 Å². The van der Waals surface area contributed by atoms with E-state index >= 15 is 0 Å². The number of para-hydroxylation sites is 3. The van der Waals surface area contributed by atoms with Crippen LogP contribution in [-0.2, 0) is 20.1 Å². The van der Waals surface area contributed by atoms with E-state index in [0.717, 1.165) is 61.2 Å². The Labute approximate surface area is 381 Å². The van der Waals surface area contributed by atoms with Gasteiger partial charge in [-0.15, -0.1) is 54.1 Å². The molecule has 0 aliphatic rings. The summed E-state index contributed by atoms with van der Waals surface area (Å²) in [5.74, 6) is 0.940. The number of rotatable bonds is 7. The second-order valence-corrected chi connectivity index (χ2v) is 23.1. The Kier molecular flexibility index (Phi) is 11.6. The topological polar surface area (TPSA) is 43.9 Å². The molecule has 4 nitrogen and oxygen atoms in total. The Morgan fingerprint density at radius 2 is 1.35 bits per heavy atom. The van der Waals surface area contributed by atoms with Crippen molar-refractivity contribution in [3.05, 3.63) is 168 Å². The summed E-state index contributed by atoms with van der Waals surface area (Å²) in [5, 5.41) is 8.33. The molecule has 6 heteroatoms. The quantitative estimate of drug-likeness (QED) is 0.0908. The number of pyridine rings is 1. The van der Waals surface area contributed by atoms with Crippen LogP contribution in [0.15, 0.2) is 144 Å². The van der Waals surface area contributed by atoms with Crippen LogP contribution in [0.1, 0.15) is 77.3 Å². The van der Waals surface area contributed by atoms with Gasteiger partial charge in [-0.05, 0) is 85.5 Å². The molecule has 10 aromatic rings. The molecule has 0 bridgehead atoms. The summed E-state index contributed by atoms with van der Waals surface area (Å²) in [6.07, 6.45) is 1.98. The van der Waals surface area contributed by atoms with Crippen molar-refractivity contribution in [2.24, 2.45) is 0 Å². The number of nitrogens with zero attached hydrogens (tertiary/aromatic N) is 3. The predicted octanol–water partition coefficient (Wildman–Crippen LogP) is 15.2. The Morgan fingerprint density at radius 3 is 2.06 bits per heavy atom. The molecule has 313 valence electrons. The third-order valence-electron chi connectivity index (χ3n) is 11.9. The number of benzene rings is 7. The molecule has 0 atom stereocenters. The Balaban J connectivity index is 0.000000219. The van der Waals surface area contributed by atoms with Crippen LogP contribution in [0.4, 0.5) is 0 Å². The summed E-state index contributed by atoms with van der Waals surface area (Å²) in [4.78, 5) is 9.86. The number of hydrogen-bond donors (Lipinski definition) is 0. The summed E-state index contributed by atoms with van der Waals surface area (Å²) < 4.78 is 17.5. The molecule has 0 N–H and O–H groups in total. The molecular weight excluding hydrogens is 951 g/mol. The summed E-state index contributed by atoms with van der Waals surface area (Å²) in [6.45, 7) is 19.9. The molecule has 1 radical (unpaired) electrons. The van der Waals surface area contributed by atoms with Gasteiger partial charge >= 0.3 is 0 Å². The van der Waals surface area contributed by atoms with E-state index in [2.05, 4.69) is 172 Å². The van der Waals surface area contributed by atoms with Crippen molar-refractivity contribution in [3.8, 4) is 28.3 Å². The maximum Gasteiger partial charge on any atom is 0.121 e. The predicted molar refractivity (Wildman–Crippen MR) is 261 cm³/mol. The van der Waals surface area contributed by atoms with Gasteiger partial charge in [-0.1, -0.05) is 150 Å². The fourth-order valence-corrected chi connectivity index (χ4v) is 10.3. The first-order valence-electron chi connectivity index (χ1n) is 22.0. The summed E-state index contributed by atoms with van der Waals surface area (Å²) >= 11 is 0. The van der Waals surface area contributed by atoms with Crippen molar-refractivity contribution in [1.82, 2.24) is 14.5 Å². The molecule has 0 saturated heterocycles. The molecule has 0 fully saturated rings. The number of imidazole rings is 1. The molecule has 0 spiro atoms. The van der Waals surface area contributed by atoms with Gasteiger partial charge in [0, 0.05) is 38.7 Å². The summed E-state index contributed by atoms with van der Waals surface area (Å²) in [6, 6.07) is 53.4. The van der Waals surface area contributed by atoms with E-state index in [1.807, 2.05) is 50.4 Å². The minimum Gasteiger partial charge on any atom is -0.501 e. The first-order valence-corrected chi connectivity index (χ1v) is 25.0. The maximum atomic E-state index is 8.44. The van der Waals surface area contributed by atoms with Gasteiger partial charge in [-0.2, -0.15) is 0 Å². The zero-order valence-corrected chi connectivity index (χ0v) is 40.4. The van der Waals surface area contributed by atoms with Crippen LogP contribution in [0.25, 0.3) is 82.8 Å². The van der Waals surface area contributed by atoms with Gasteiger partial charge in [0.1, 0.15) is 5.58 Å². The van der Waals surface area contributed by atoms with Gasteiger partial charge in [-0.25, -0.2) is 0 Å². The normalized spacial score (nSPS) is 12.3. The molecule has 62 heavy (non-hydrogen) atoms. The molecule has 0 aliphatic heterocycles. The van der Waals surface area contributed by atoms with Crippen LogP contribution in [-0.4, -0.2) is 22.6 Å². The number of aromatic nitrogens is 3. The first kappa shape index (κ1) is 41.7. The van der Waals surface area contributed by atoms with Crippen molar-refractivity contribution < 1.29 is 25.9 Å². The number of hydrogen-bond acceptors (Lipinski definition) is 3. The zero-order chi connectivity index (χ0) is 43.5. The Morgan fingerprint density at radius 1 is 0.645 bits per heavy atom. The van der Waals surface area contributed by atoms with E-state index in [-0.39, 0.29) is 20.1 Å². The smallest absolute Gasteiger partial charge is 0.121 e. The molecule has 3 aromatic heterocycles. The largest absolute Gasteiger partial charge is 0.501 e.